The Hall–Kier alpha value is -1.59. The van der Waals surface area contributed by atoms with Crippen LogP contribution in [0.25, 0.3) is 0 Å². The lowest BCUT2D eigenvalue weighted by molar-refractivity contribution is -0.165. The van der Waals surface area contributed by atoms with Crippen molar-refractivity contribution in [3.8, 4) is 0 Å². The Morgan fingerprint density at radius 1 is 1.04 bits per heavy atom. The molecule has 2 bridgehead atoms. The van der Waals surface area contributed by atoms with Crippen LogP contribution in [0.1, 0.15) is 46.5 Å². The van der Waals surface area contributed by atoms with Crippen LogP contribution in [0, 0.1) is 29.1 Å². The lowest BCUT2D eigenvalue weighted by Gasteiger charge is -2.26. The first-order valence-corrected chi connectivity index (χ1v) is 8.34. The molecule has 2 aliphatic rings. The Labute approximate surface area is 136 Å². The molecule has 2 fully saturated rings. The summed E-state index contributed by atoms with van der Waals surface area (Å²) in [6.07, 6.45) is 3.25. The van der Waals surface area contributed by atoms with E-state index in [1.807, 2.05) is 6.92 Å². The van der Waals surface area contributed by atoms with E-state index in [0.717, 1.165) is 19.3 Å². The van der Waals surface area contributed by atoms with Crippen LogP contribution in [0.2, 0.25) is 0 Å². The van der Waals surface area contributed by atoms with Gasteiger partial charge in [0.1, 0.15) is 13.2 Å². The van der Waals surface area contributed by atoms with E-state index in [2.05, 4.69) is 0 Å². The molecular weight excluding hydrogens is 300 g/mol. The predicted molar refractivity (Wildman–Crippen MR) is 81.4 cm³/mol. The van der Waals surface area contributed by atoms with E-state index in [1.165, 1.54) is 0 Å². The van der Waals surface area contributed by atoms with Gasteiger partial charge in [0.15, 0.2) is 0 Å². The first-order chi connectivity index (χ1) is 10.8. The van der Waals surface area contributed by atoms with Crippen LogP contribution < -0.4 is 0 Å². The van der Waals surface area contributed by atoms with Gasteiger partial charge in [0, 0.05) is 0 Å². The Balaban J connectivity index is 1.79. The molecule has 2 aliphatic carbocycles. The quantitative estimate of drug-likeness (QED) is 0.570. The molecule has 0 heterocycles. The highest BCUT2D eigenvalue weighted by molar-refractivity contribution is 5.82. The van der Waals surface area contributed by atoms with Crippen molar-refractivity contribution < 1.29 is 29.0 Å². The van der Waals surface area contributed by atoms with Gasteiger partial charge in [0.2, 0.25) is 0 Å². The number of hydrogen-bond donors (Lipinski definition) is 1. The molecule has 0 aromatic rings. The number of hydrogen-bond acceptors (Lipinski definition) is 5. The van der Waals surface area contributed by atoms with Crippen LogP contribution >= 0.6 is 0 Å². The number of aliphatic carboxylic acids is 1. The number of esters is 2. The van der Waals surface area contributed by atoms with Gasteiger partial charge in [0.05, 0.1) is 17.3 Å². The molecule has 130 valence electrons. The van der Waals surface area contributed by atoms with Gasteiger partial charge < -0.3 is 14.6 Å². The molecule has 0 aliphatic heterocycles. The fraction of sp³-hybridized carbons (Fsp3) is 0.824. The van der Waals surface area contributed by atoms with E-state index in [-0.39, 0.29) is 31.0 Å². The molecular formula is C17H26O6. The van der Waals surface area contributed by atoms with Gasteiger partial charge in [-0.15, -0.1) is 0 Å². The largest absolute Gasteiger partial charge is 0.481 e. The van der Waals surface area contributed by atoms with Crippen LogP contribution in [-0.4, -0.2) is 36.2 Å². The van der Waals surface area contributed by atoms with Crippen molar-refractivity contribution in [2.75, 3.05) is 13.2 Å². The number of carbonyl (C=O) groups excluding carboxylic acids is 2. The topological polar surface area (TPSA) is 89.9 Å². The van der Waals surface area contributed by atoms with E-state index in [0.29, 0.717) is 6.42 Å². The zero-order valence-electron chi connectivity index (χ0n) is 14.0. The van der Waals surface area contributed by atoms with Gasteiger partial charge in [-0.05, 0) is 51.4 Å². The van der Waals surface area contributed by atoms with Gasteiger partial charge in [-0.25, -0.2) is 0 Å². The van der Waals surface area contributed by atoms with Crippen molar-refractivity contribution in [3.05, 3.63) is 0 Å². The highest BCUT2D eigenvalue weighted by atomic mass is 16.6. The molecule has 6 nitrogen and oxygen atoms in total. The number of carbonyl (C=O) groups is 3. The number of rotatable bonds is 7. The standard InChI is InChI=1S/C17H26O6/c1-4-17(2,3)16(21)23-8-7-22-15(20)13-11-6-5-10(9-11)12(13)14(18)19/h10-13H,4-9H2,1-3H3,(H,18,19). The van der Waals surface area contributed by atoms with Crippen LogP contribution in [0.5, 0.6) is 0 Å². The van der Waals surface area contributed by atoms with Gasteiger partial charge >= 0.3 is 17.9 Å². The normalized spacial score (nSPS) is 29.3. The molecule has 23 heavy (non-hydrogen) atoms. The molecule has 0 saturated heterocycles. The van der Waals surface area contributed by atoms with Crippen molar-refractivity contribution in [2.24, 2.45) is 29.1 Å². The second kappa shape index (κ2) is 6.89. The minimum Gasteiger partial charge on any atom is -0.481 e. The molecule has 0 aromatic heterocycles. The first-order valence-electron chi connectivity index (χ1n) is 8.34. The molecule has 6 heteroatoms. The number of carboxylic acids is 1. The minimum absolute atomic E-state index is 0.00650. The number of fused-ring (bicyclic) bond motifs is 2. The SMILES string of the molecule is CCC(C)(C)C(=O)OCCOC(=O)C1C2CCC(C2)C1C(=O)O. The summed E-state index contributed by atoms with van der Waals surface area (Å²) in [7, 11) is 0. The summed E-state index contributed by atoms with van der Waals surface area (Å²) < 4.78 is 10.3. The van der Waals surface area contributed by atoms with Gasteiger partial charge in [-0.1, -0.05) is 6.92 Å². The number of carboxylic acid groups (broad SMARTS) is 1. The molecule has 1 N–H and O–H groups in total. The third-order valence-electron chi connectivity index (χ3n) is 5.47. The first kappa shape index (κ1) is 17.8. The summed E-state index contributed by atoms with van der Waals surface area (Å²) in [6.45, 7) is 5.49. The lowest BCUT2D eigenvalue weighted by Crippen LogP contribution is -2.36. The van der Waals surface area contributed by atoms with Crippen molar-refractivity contribution >= 4 is 17.9 Å². The fourth-order valence-corrected chi connectivity index (χ4v) is 3.70. The van der Waals surface area contributed by atoms with Gasteiger partial charge in [-0.3, -0.25) is 14.4 Å². The van der Waals surface area contributed by atoms with E-state index < -0.39 is 29.2 Å². The van der Waals surface area contributed by atoms with Gasteiger partial charge in [0.25, 0.3) is 0 Å². The Bertz CT molecular complexity index is 483. The minimum atomic E-state index is -0.907. The highest BCUT2D eigenvalue weighted by Gasteiger charge is 2.54. The summed E-state index contributed by atoms with van der Waals surface area (Å²) in [4.78, 5) is 35.4. The average molecular weight is 326 g/mol. The van der Waals surface area contributed by atoms with E-state index in [9.17, 15) is 19.5 Å². The van der Waals surface area contributed by atoms with Crippen molar-refractivity contribution in [3.63, 3.8) is 0 Å². The smallest absolute Gasteiger partial charge is 0.311 e. The second-order valence-electron chi connectivity index (χ2n) is 7.26. The molecule has 0 aromatic carbocycles. The van der Waals surface area contributed by atoms with Crippen molar-refractivity contribution in [2.45, 2.75) is 46.5 Å². The van der Waals surface area contributed by atoms with E-state index in [1.54, 1.807) is 13.8 Å². The lowest BCUT2D eigenvalue weighted by atomic mass is 9.79. The zero-order chi connectivity index (χ0) is 17.2. The third-order valence-corrected chi connectivity index (χ3v) is 5.47. The Morgan fingerprint density at radius 2 is 1.61 bits per heavy atom. The summed E-state index contributed by atoms with van der Waals surface area (Å²) in [5, 5.41) is 9.34. The van der Waals surface area contributed by atoms with Crippen molar-refractivity contribution in [1.82, 2.24) is 0 Å². The third kappa shape index (κ3) is 3.67. The van der Waals surface area contributed by atoms with Gasteiger partial charge in [-0.2, -0.15) is 0 Å². The zero-order valence-corrected chi connectivity index (χ0v) is 14.0. The van der Waals surface area contributed by atoms with Crippen LogP contribution in [0.3, 0.4) is 0 Å². The van der Waals surface area contributed by atoms with Crippen LogP contribution in [0.15, 0.2) is 0 Å². The maximum absolute atomic E-state index is 12.2. The van der Waals surface area contributed by atoms with Crippen LogP contribution in [-0.2, 0) is 23.9 Å². The Kier molecular flexibility index (Phi) is 5.32. The summed E-state index contributed by atoms with van der Waals surface area (Å²) in [5.41, 5.74) is -0.553. The molecule has 0 amide bonds. The summed E-state index contributed by atoms with van der Waals surface area (Å²) in [5.74, 6) is -2.64. The Morgan fingerprint density at radius 3 is 2.17 bits per heavy atom. The second-order valence-corrected chi connectivity index (χ2v) is 7.26. The summed E-state index contributed by atoms with van der Waals surface area (Å²) >= 11 is 0. The van der Waals surface area contributed by atoms with Crippen molar-refractivity contribution in [1.29, 1.82) is 0 Å². The fourth-order valence-electron chi connectivity index (χ4n) is 3.70. The van der Waals surface area contributed by atoms with Crippen LogP contribution in [0.4, 0.5) is 0 Å². The highest BCUT2D eigenvalue weighted by Crippen LogP contribution is 2.52. The van der Waals surface area contributed by atoms with E-state index in [4.69, 9.17) is 9.47 Å². The molecule has 4 unspecified atom stereocenters. The molecule has 2 saturated carbocycles. The predicted octanol–water partition coefficient (Wildman–Crippen LogP) is 2.26. The monoisotopic (exact) mass is 326 g/mol. The number of ether oxygens (including phenoxy) is 2. The molecule has 2 rings (SSSR count). The molecule has 0 radical (unpaired) electrons. The molecule has 0 spiro atoms. The average Bonchev–Trinajstić information content (AvgIpc) is 3.11. The molecule has 4 atom stereocenters. The summed E-state index contributed by atoms with van der Waals surface area (Å²) in [6, 6.07) is 0. The van der Waals surface area contributed by atoms with E-state index >= 15 is 0 Å². The maximum Gasteiger partial charge on any atom is 0.311 e. The maximum atomic E-state index is 12.2.